The minimum absolute atomic E-state index is 0.0215. The van der Waals surface area contributed by atoms with Gasteiger partial charge in [0.2, 0.25) is 24.1 Å². The fourth-order valence-electron chi connectivity index (χ4n) is 7.77. The number of nitriles is 1. The first-order valence-corrected chi connectivity index (χ1v) is 19.9. The van der Waals surface area contributed by atoms with Gasteiger partial charge in [0.15, 0.2) is 5.50 Å². The summed E-state index contributed by atoms with van der Waals surface area (Å²) in [5.41, 5.74) is -3.55. The van der Waals surface area contributed by atoms with Crippen LogP contribution in [0, 0.1) is 17.1 Å². The number of imide groups is 1. The molecule has 0 radical (unpaired) electrons. The average Bonchev–Trinajstić information content (AvgIpc) is 3.35. The third-order valence-corrected chi connectivity index (χ3v) is 11.3. The molecule has 3 aliphatic heterocycles. The lowest BCUT2D eigenvalue weighted by atomic mass is 10.0. The second kappa shape index (κ2) is 18.2. The molecule has 3 aromatic carbocycles. The molecule has 326 valence electrons. The second-order valence-electron chi connectivity index (χ2n) is 15.6. The van der Waals surface area contributed by atoms with Crippen molar-refractivity contribution in [3.63, 3.8) is 0 Å². The van der Waals surface area contributed by atoms with Gasteiger partial charge in [0.25, 0.3) is 5.91 Å². The normalized spacial score (nSPS) is 21.1. The number of halogens is 6. The van der Waals surface area contributed by atoms with Gasteiger partial charge in [-0.15, -0.1) is 12.6 Å². The van der Waals surface area contributed by atoms with E-state index in [1.807, 2.05) is 11.8 Å². The zero-order chi connectivity index (χ0) is 44.4. The summed E-state index contributed by atoms with van der Waals surface area (Å²) in [5.74, 6) is -2.31. The Morgan fingerprint density at radius 3 is 2.44 bits per heavy atom. The van der Waals surface area contributed by atoms with Crippen LogP contribution in [0.3, 0.4) is 0 Å². The van der Waals surface area contributed by atoms with Gasteiger partial charge < -0.3 is 20.3 Å². The maximum atomic E-state index is 14.4. The Labute approximate surface area is 353 Å². The van der Waals surface area contributed by atoms with E-state index in [4.69, 9.17) is 4.74 Å². The van der Waals surface area contributed by atoms with Crippen LogP contribution in [0.2, 0.25) is 0 Å². The molecule has 0 saturated carbocycles. The summed E-state index contributed by atoms with van der Waals surface area (Å²) in [6.07, 6.45) is -7.90. The summed E-state index contributed by atoms with van der Waals surface area (Å²) in [7, 11) is 0. The fraction of sp³-hybridized carbons (Fsp3) is 0.439. The van der Waals surface area contributed by atoms with Gasteiger partial charge in [-0.3, -0.25) is 39.2 Å². The molecule has 6 rings (SSSR count). The molecule has 3 aromatic rings. The monoisotopic (exact) mass is 874 g/mol. The molecule has 3 fully saturated rings. The van der Waals surface area contributed by atoms with E-state index in [2.05, 4.69) is 33.5 Å². The van der Waals surface area contributed by atoms with Crippen molar-refractivity contribution in [2.75, 3.05) is 59.8 Å². The summed E-state index contributed by atoms with van der Waals surface area (Å²) in [5, 5.41) is 17.1. The molecule has 13 nitrogen and oxygen atoms in total. The standard InChI is InChI=1S/C41H44F6N8O5S/c1-23-21-52(10-11-53(23)22-36(57)50-28-17-26(42)16-27(18-28)49-32-7-9-35(56)51-37(32)58)12-13-60-33-8-6-30(14-25(33)15-34(43)44)55-39(61)54(38(59)40(55,2)3)29-5-4-24(20-48)31(19-29)41(45,46)47/h4-6,8,14,16-19,23,32,34,39,49,61H,7,9-13,15,21-22H2,1-3H3,(H,50,57)(H,51,56,58)/t23-,32?,39+/m1/s1. The van der Waals surface area contributed by atoms with Crippen LogP contribution in [0.15, 0.2) is 54.6 Å². The van der Waals surface area contributed by atoms with Crippen molar-refractivity contribution in [3.8, 4) is 11.8 Å². The van der Waals surface area contributed by atoms with Crippen LogP contribution in [0.5, 0.6) is 5.75 Å². The Morgan fingerprint density at radius 2 is 1.77 bits per heavy atom. The van der Waals surface area contributed by atoms with Gasteiger partial charge in [0.05, 0.1) is 23.7 Å². The number of anilines is 4. The number of nitrogens with zero attached hydrogens (tertiary/aromatic N) is 5. The first-order chi connectivity index (χ1) is 28.7. The third kappa shape index (κ3) is 10.3. The third-order valence-electron chi connectivity index (χ3n) is 10.8. The lowest BCUT2D eigenvalue weighted by molar-refractivity contribution is -0.138. The average molecular weight is 875 g/mol. The zero-order valence-corrected chi connectivity index (χ0v) is 34.3. The number of ether oxygens (including phenoxy) is 1. The van der Waals surface area contributed by atoms with Gasteiger partial charge in [-0.25, -0.2) is 13.2 Å². The summed E-state index contributed by atoms with van der Waals surface area (Å²) in [6, 6.07) is 12.0. The van der Waals surface area contributed by atoms with Crippen molar-refractivity contribution in [1.29, 1.82) is 5.26 Å². The number of amides is 4. The van der Waals surface area contributed by atoms with Crippen molar-refractivity contribution in [3.05, 3.63) is 77.1 Å². The van der Waals surface area contributed by atoms with E-state index in [1.165, 1.54) is 41.3 Å². The smallest absolute Gasteiger partial charge is 0.417 e. The molecular formula is C41H44F6N8O5S. The highest BCUT2D eigenvalue weighted by Gasteiger charge is 2.52. The van der Waals surface area contributed by atoms with E-state index in [-0.39, 0.29) is 72.2 Å². The zero-order valence-electron chi connectivity index (χ0n) is 33.4. The molecule has 61 heavy (non-hydrogen) atoms. The molecule has 3 heterocycles. The van der Waals surface area contributed by atoms with Crippen molar-refractivity contribution < 1.29 is 50.3 Å². The summed E-state index contributed by atoms with van der Waals surface area (Å²) in [4.78, 5) is 57.0. The van der Waals surface area contributed by atoms with Crippen molar-refractivity contribution in [2.45, 2.75) is 75.8 Å². The molecule has 4 amide bonds. The van der Waals surface area contributed by atoms with Crippen LogP contribution in [0.1, 0.15) is 50.3 Å². The largest absolute Gasteiger partial charge is 0.492 e. The van der Waals surface area contributed by atoms with Crippen molar-refractivity contribution in [1.82, 2.24) is 15.1 Å². The van der Waals surface area contributed by atoms with E-state index >= 15 is 0 Å². The van der Waals surface area contributed by atoms with Crippen LogP contribution in [0.25, 0.3) is 0 Å². The van der Waals surface area contributed by atoms with Gasteiger partial charge in [0, 0.05) is 73.4 Å². The molecule has 3 N–H and O–H groups in total. The molecular weight excluding hydrogens is 831 g/mol. The fourth-order valence-corrected chi connectivity index (χ4v) is 8.43. The van der Waals surface area contributed by atoms with Crippen molar-refractivity contribution >= 4 is 59.0 Å². The van der Waals surface area contributed by atoms with E-state index in [0.29, 0.717) is 37.9 Å². The summed E-state index contributed by atoms with van der Waals surface area (Å²) < 4.78 is 89.6. The topological polar surface area (TPSA) is 150 Å². The number of rotatable bonds is 13. The number of carbonyl (C=O) groups excluding carboxylic acids is 4. The summed E-state index contributed by atoms with van der Waals surface area (Å²) in [6.45, 7) is 7.25. The summed E-state index contributed by atoms with van der Waals surface area (Å²) >= 11 is 4.60. The SMILES string of the molecule is C[C@@H]1CN(CCOc2ccc(N3[C@@H](S)N(c4ccc(C#N)c(C(F)(F)F)c4)C(=O)C3(C)C)cc2CC(F)F)CCN1CC(=O)Nc1cc(F)cc(NC2CCC(=O)NC2=O)c1. The Balaban J connectivity index is 1.05. The minimum atomic E-state index is -4.86. The van der Waals surface area contributed by atoms with Crippen LogP contribution in [-0.2, 0) is 31.8 Å². The Kier molecular flexibility index (Phi) is 13.4. The highest BCUT2D eigenvalue weighted by Crippen LogP contribution is 2.43. The Bertz CT molecular complexity index is 2220. The molecule has 0 spiro atoms. The van der Waals surface area contributed by atoms with Gasteiger partial charge in [-0.05, 0) is 81.8 Å². The van der Waals surface area contributed by atoms with Gasteiger partial charge in [-0.2, -0.15) is 18.4 Å². The highest BCUT2D eigenvalue weighted by atomic mass is 32.1. The number of piperidine rings is 1. The number of benzene rings is 3. The van der Waals surface area contributed by atoms with Gasteiger partial charge in [-0.1, -0.05) is 0 Å². The number of nitrogens with one attached hydrogen (secondary N) is 3. The van der Waals surface area contributed by atoms with Crippen LogP contribution in [-0.4, -0.2) is 102 Å². The predicted molar refractivity (Wildman–Crippen MR) is 217 cm³/mol. The molecule has 0 aromatic heterocycles. The van der Waals surface area contributed by atoms with E-state index in [1.54, 1.807) is 19.9 Å². The lowest BCUT2D eigenvalue weighted by Crippen LogP contribution is -2.54. The Morgan fingerprint density at radius 1 is 1.05 bits per heavy atom. The molecule has 3 saturated heterocycles. The molecule has 3 atom stereocenters. The first-order valence-electron chi connectivity index (χ1n) is 19.4. The number of hydrogen-bond acceptors (Lipinski definition) is 11. The highest BCUT2D eigenvalue weighted by molar-refractivity contribution is 7.81. The van der Waals surface area contributed by atoms with Crippen LogP contribution < -0.4 is 30.5 Å². The quantitative estimate of drug-likeness (QED) is 0.0971. The molecule has 0 bridgehead atoms. The number of alkyl halides is 5. The number of hydrogen-bond donors (Lipinski definition) is 4. The first kappa shape index (κ1) is 45.0. The van der Waals surface area contributed by atoms with E-state index < -0.39 is 64.9 Å². The predicted octanol–water partition coefficient (Wildman–Crippen LogP) is 5.61. The maximum absolute atomic E-state index is 14.4. The van der Waals surface area contributed by atoms with Gasteiger partial charge in [0.1, 0.15) is 29.8 Å². The second-order valence-corrected chi connectivity index (χ2v) is 16.0. The molecule has 3 aliphatic rings. The number of thiol groups is 1. The van der Waals surface area contributed by atoms with Crippen LogP contribution >= 0.6 is 12.6 Å². The number of carbonyl (C=O) groups is 4. The maximum Gasteiger partial charge on any atom is 0.417 e. The van der Waals surface area contributed by atoms with Gasteiger partial charge >= 0.3 is 6.18 Å². The molecule has 1 unspecified atom stereocenters. The van der Waals surface area contributed by atoms with Crippen molar-refractivity contribution in [2.24, 2.45) is 0 Å². The molecule has 0 aliphatic carbocycles. The number of piperazine rings is 1. The molecule has 20 heteroatoms. The van der Waals surface area contributed by atoms with E-state index in [9.17, 15) is 50.8 Å². The lowest BCUT2D eigenvalue weighted by Gasteiger charge is -2.39. The van der Waals surface area contributed by atoms with Crippen LogP contribution in [0.4, 0.5) is 49.1 Å². The van der Waals surface area contributed by atoms with E-state index in [0.717, 1.165) is 17.0 Å². The Hall–Kier alpha value is -5.52. The minimum Gasteiger partial charge on any atom is -0.492 e.